The van der Waals surface area contributed by atoms with E-state index in [0.717, 1.165) is 45.3 Å². The second kappa shape index (κ2) is 11.3. The van der Waals surface area contributed by atoms with Crippen molar-refractivity contribution in [1.29, 1.82) is 0 Å². The summed E-state index contributed by atoms with van der Waals surface area (Å²) in [6.45, 7) is 6.92. The molecular weight excluding hydrogens is 409 g/mol. The Balaban J connectivity index is 0.00000300. The minimum atomic E-state index is -0.181. The number of nitrogen functional groups attached to an aromatic ring is 1. The van der Waals surface area contributed by atoms with Gasteiger partial charge in [0, 0.05) is 31.7 Å². The Kier molecular flexibility index (Phi) is 9.08. The number of allylic oxidation sites excluding steroid dienone is 3. The van der Waals surface area contributed by atoms with Crippen molar-refractivity contribution in [2.24, 2.45) is 0 Å². The maximum absolute atomic E-state index is 12.8. The molecule has 2 aliphatic rings. The van der Waals surface area contributed by atoms with Crippen LogP contribution in [-0.2, 0) is 0 Å². The van der Waals surface area contributed by atoms with E-state index in [0.29, 0.717) is 28.6 Å². The Bertz CT molecular complexity index is 785. The molecule has 5 nitrogen and oxygen atoms in total. The van der Waals surface area contributed by atoms with Gasteiger partial charge < -0.3 is 15.8 Å². The summed E-state index contributed by atoms with van der Waals surface area (Å²) in [4.78, 5) is 15.3. The number of nitrogens with one attached hydrogen (secondary N) is 1. The van der Waals surface area contributed by atoms with Crippen LogP contribution in [0.15, 0.2) is 48.6 Å². The smallest absolute Gasteiger partial charge is 0.255 e. The van der Waals surface area contributed by atoms with Crippen molar-refractivity contribution in [3.63, 3.8) is 0 Å². The molecule has 0 unspecified atom stereocenters. The molecule has 0 spiro atoms. The second-order valence-electron chi connectivity index (χ2n) is 7.27. The average molecular weight is 438 g/mol. The van der Waals surface area contributed by atoms with Crippen LogP contribution >= 0.6 is 24.0 Å². The molecule has 3 rings (SSSR count). The minimum absolute atomic E-state index is 0. The number of nitrogens with two attached hydrogens (primary N) is 1. The molecule has 1 aliphatic heterocycles. The first kappa shape index (κ1) is 23.3. The van der Waals surface area contributed by atoms with Crippen LogP contribution in [0.25, 0.3) is 0 Å². The van der Waals surface area contributed by atoms with Gasteiger partial charge in [0.1, 0.15) is 12.4 Å². The summed E-state index contributed by atoms with van der Waals surface area (Å²) >= 11 is 6.12. The first-order chi connectivity index (χ1) is 13.6. The van der Waals surface area contributed by atoms with Crippen LogP contribution in [0.2, 0.25) is 5.02 Å². The molecule has 1 fully saturated rings. The van der Waals surface area contributed by atoms with E-state index < -0.39 is 0 Å². The summed E-state index contributed by atoms with van der Waals surface area (Å²) in [5.41, 5.74) is 8.14. The Morgan fingerprint density at radius 3 is 2.76 bits per heavy atom. The molecule has 0 atom stereocenters. The van der Waals surface area contributed by atoms with Gasteiger partial charge in [-0.2, -0.15) is 0 Å². The molecule has 29 heavy (non-hydrogen) atoms. The zero-order valence-electron chi connectivity index (χ0n) is 16.5. The monoisotopic (exact) mass is 437 g/mol. The maximum atomic E-state index is 12.8. The predicted molar refractivity (Wildman–Crippen MR) is 122 cm³/mol. The van der Waals surface area contributed by atoms with E-state index >= 15 is 0 Å². The Labute approximate surface area is 184 Å². The van der Waals surface area contributed by atoms with Crippen LogP contribution in [0.5, 0.6) is 5.75 Å². The number of halogens is 2. The van der Waals surface area contributed by atoms with Gasteiger partial charge in [0.2, 0.25) is 0 Å². The van der Waals surface area contributed by atoms with Crippen molar-refractivity contribution in [2.45, 2.75) is 31.7 Å². The first-order valence-corrected chi connectivity index (χ1v) is 10.1. The second-order valence-corrected chi connectivity index (χ2v) is 7.67. The highest BCUT2D eigenvalue weighted by molar-refractivity contribution is 6.33. The summed E-state index contributed by atoms with van der Waals surface area (Å²) in [6.07, 6.45) is 12.4. The number of rotatable bonds is 7. The molecule has 3 N–H and O–H groups in total. The lowest BCUT2D eigenvalue weighted by Crippen LogP contribution is -2.45. The van der Waals surface area contributed by atoms with Crippen LogP contribution in [0.1, 0.15) is 36.0 Å². The Morgan fingerprint density at radius 2 is 2.10 bits per heavy atom. The fourth-order valence-electron chi connectivity index (χ4n) is 3.58. The summed E-state index contributed by atoms with van der Waals surface area (Å²) in [6, 6.07) is 3.31. The Morgan fingerprint density at radius 1 is 1.34 bits per heavy atom. The highest BCUT2D eigenvalue weighted by Gasteiger charge is 2.23. The van der Waals surface area contributed by atoms with Crippen molar-refractivity contribution in [3.05, 3.63) is 59.2 Å². The molecule has 1 heterocycles. The van der Waals surface area contributed by atoms with E-state index in [-0.39, 0.29) is 24.4 Å². The number of carbonyl (C=O) groups is 1. The van der Waals surface area contributed by atoms with Crippen molar-refractivity contribution >= 4 is 35.6 Å². The topological polar surface area (TPSA) is 67.6 Å². The quantitative estimate of drug-likeness (QED) is 0.490. The number of carbonyl (C=O) groups excluding carboxylic acids is 1. The molecule has 0 bridgehead atoms. The van der Waals surface area contributed by atoms with Crippen LogP contribution in [0.4, 0.5) is 5.69 Å². The van der Waals surface area contributed by atoms with Crippen LogP contribution in [-0.4, -0.2) is 43.1 Å². The summed E-state index contributed by atoms with van der Waals surface area (Å²) in [5.74, 6) is 0.244. The first-order valence-electron chi connectivity index (χ1n) is 9.75. The summed E-state index contributed by atoms with van der Waals surface area (Å²) in [7, 11) is 0. The molecule has 1 aliphatic carbocycles. The lowest BCUT2D eigenvalue weighted by atomic mass is 10.0. The molecule has 1 amide bonds. The van der Waals surface area contributed by atoms with E-state index in [1.54, 1.807) is 18.2 Å². The molecule has 0 saturated carbocycles. The number of likely N-dealkylation sites (tertiary alicyclic amines) is 1. The highest BCUT2D eigenvalue weighted by atomic mass is 35.5. The van der Waals surface area contributed by atoms with E-state index in [9.17, 15) is 4.79 Å². The fraction of sp³-hybridized carbons (Fsp3) is 0.409. The van der Waals surface area contributed by atoms with Gasteiger partial charge >= 0.3 is 0 Å². The predicted octanol–water partition coefficient (Wildman–Crippen LogP) is 4.38. The third-order valence-electron chi connectivity index (χ3n) is 5.14. The summed E-state index contributed by atoms with van der Waals surface area (Å²) in [5, 5.41) is 3.47. The van der Waals surface area contributed by atoms with Crippen molar-refractivity contribution in [2.75, 3.05) is 32.0 Å². The third-order valence-corrected chi connectivity index (χ3v) is 5.47. The average Bonchev–Trinajstić information content (AvgIpc) is 2.70. The number of piperidine rings is 1. The number of hydrogen-bond acceptors (Lipinski definition) is 4. The molecule has 1 aromatic carbocycles. The fourth-order valence-corrected chi connectivity index (χ4v) is 3.74. The van der Waals surface area contributed by atoms with Gasteiger partial charge in [0.15, 0.2) is 0 Å². The molecule has 0 radical (unpaired) electrons. The van der Waals surface area contributed by atoms with Crippen molar-refractivity contribution in [1.82, 2.24) is 10.2 Å². The third kappa shape index (κ3) is 6.53. The number of amides is 1. The molecule has 7 heteroatoms. The maximum Gasteiger partial charge on any atom is 0.255 e. The van der Waals surface area contributed by atoms with Gasteiger partial charge in [-0.05, 0) is 31.7 Å². The van der Waals surface area contributed by atoms with Crippen LogP contribution in [0, 0.1) is 0 Å². The van der Waals surface area contributed by atoms with Gasteiger partial charge in [-0.25, -0.2) is 0 Å². The van der Waals surface area contributed by atoms with E-state index in [2.05, 4.69) is 35.0 Å². The van der Waals surface area contributed by atoms with E-state index in [1.807, 2.05) is 0 Å². The zero-order chi connectivity index (χ0) is 19.9. The SMILES string of the molecule is C=CCOc1cc(N)c(Cl)cc1C(=O)NC1CCN(CC2=CCC=CC2)CC1.Cl. The number of benzene rings is 1. The summed E-state index contributed by atoms with van der Waals surface area (Å²) < 4.78 is 5.60. The van der Waals surface area contributed by atoms with Gasteiger partial charge in [0.05, 0.1) is 16.3 Å². The lowest BCUT2D eigenvalue weighted by Gasteiger charge is -2.33. The molecule has 1 saturated heterocycles. The van der Waals surface area contributed by atoms with Crippen molar-refractivity contribution in [3.8, 4) is 5.75 Å². The molecular formula is C22H29Cl2N3O2. The van der Waals surface area contributed by atoms with Crippen molar-refractivity contribution < 1.29 is 9.53 Å². The van der Waals surface area contributed by atoms with Crippen LogP contribution < -0.4 is 15.8 Å². The zero-order valence-corrected chi connectivity index (χ0v) is 18.1. The number of nitrogens with zero attached hydrogens (tertiary/aromatic N) is 1. The Hall–Kier alpha value is -1.95. The molecule has 1 aromatic rings. The normalized spacial score (nSPS) is 17.2. The lowest BCUT2D eigenvalue weighted by molar-refractivity contribution is 0.0910. The van der Waals surface area contributed by atoms with E-state index in [4.69, 9.17) is 22.1 Å². The van der Waals surface area contributed by atoms with Crippen LogP contribution in [0.3, 0.4) is 0 Å². The number of hydrogen-bond donors (Lipinski definition) is 2. The van der Waals surface area contributed by atoms with Gasteiger partial charge in [-0.15, -0.1) is 12.4 Å². The minimum Gasteiger partial charge on any atom is -0.489 e. The van der Waals surface area contributed by atoms with Gasteiger partial charge in [-0.3, -0.25) is 9.69 Å². The standard InChI is InChI=1S/C22H28ClN3O2.ClH/c1-2-12-28-21-14-20(24)19(23)13-18(21)22(27)25-17-8-10-26(11-9-17)15-16-6-4-3-5-7-16;/h2-4,7,13-14,17H,1,5-6,8-12,15,24H2,(H,25,27);1H. The van der Waals surface area contributed by atoms with E-state index in [1.165, 1.54) is 5.57 Å². The number of ether oxygens (including phenoxy) is 1. The van der Waals surface area contributed by atoms with Gasteiger partial charge in [0.25, 0.3) is 5.91 Å². The highest BCUT2D eigenvalue weighted by Crippen LogP contribution is 2.29. The molecule has 158 valence electrons. The van der Waals surface area contributed by atoms with Gasteiger partial charge in [-0.1, -0.05) is 48.1 Å². The molecule has 0 aromatic heterocycles. The number of anilines is 1. The largest absolute Gasteiger partial charge is 0.489 e.